The van der Waals surface area contributed by atoms with Gasteiger partial charge in [-0.1, -0.05) is 39.3 Å². The zero-order chi connectivity index (χ0) is 43.2. The van der Waals surface area contributed by atoms with Crippen LogP contribution in [0.4, 0.5) is 18.0 Å². The number of hydrogen-bond donors (Lipinski definition) is 3. The molecule has 2 saturated carbocycles. The highest BCUT2D eigenvalue weighted by Crippen LogP contribution is 2.51. The number of aromatic nitrogens is 1. The summed E-state index contributed by atoms with van der Waals surface area (Å²) in [5.74, 6) is -6.47. The number of pyridine rings is 1. The maximum Gasteiger partial charge on any atom is 0.408 e. The molecule has 2 aliphatic carbocycles. The highest BCUT2D eigenvalue weighted by molar-refractivity contribution is 7.91. The van der Waals surface area contributed by atoms with E-state index >= 15 is 18.0 Å². The number of allylic oxidation sites excluding steroid dienone is 1. The predicted molar refractivity (Wildman–Crippen MR) is 211 cm³/mol. The zero-order valence-corrected chi connectivity index (χ0v) is 35.0. The number of nitrogens with one attached hydrogen (secondary N) is 2. The van der Waals surface area contributed by atoms with E-state index in [1.165, 1.54) is 18.3 Å². The number of carbonyl (C=O) groups excluding carboxylic acids is 3. The van der Waals surface area contributed by atoms with Crippen molar-refractivity contribution in [3.8, 4) is 11.6 Å². The molecule has 18 heteroatoms. The summed E-state index contributed by atoms with van der Waals surface area (Å²) >= 11 is 0. The third-order valence-corrected chi connectivity index (χ3v) is 14.3. The van der Waals surface area contributed by atoms with Crippen molar-refractivity contribution < 1.29 is 55.3 Å². The molecule has 2 aromatic rings. The van der Waals surface area contributed by atoms with Crippen LogP contribution in [0, 0.1) is 23.6 Å². The molecule has 8 atom stereocenters. The average molecular weight is 850 g/mol. The highest BCUT2D eigenvalue weighted by atomic mass is 32.2. The molecular formula is C41H54F3N5O9S. The number of hydrogen-bond acceptors (Lipinski definition) is 9. The van der Waals surface area contributed by atoms with Crippen molar-refractivity contribution in [2.45, 2.75) is 140 Å². The van der Waals surface area contributed by atoms with Crippen LogP contribution in [-0.4, -0.2) is 99.3 Å². The molecular weight excluding hydrogens is 796 g/mol. The molecule has 2 aliphatic heterocycles. The van der Waals surface area contributed by atoms with Crippen molar-refractivity contribution in [1.29, 1.82) is 0 Å². The van der Waals surface area contributed by atoms with E-state index in [9.17, 15) is 27.9 Å². The van der Waals surface area contributed by atoms with E-state index in [-0.39, 0.29) is 54.2 Å². The Labute approximate surface area is 342 Å². The lowest BCUT2D eigenvalue weighted by Gasteiger charge is -2.43. The molecule has 6 rings (SSSR count). The Hall–Kier alpha value is -4.61. The first kappa shape index (κ1) is 44.0. The number of rotatable bonds is 11. The maximum absolute atomic E-state index is 17.7. The summed E-state index contributed by atoms with van der Waals surface area (Å²) < 4.78 is 89.9. The van der Waals surface area contributed by atoms with Crippen LogP contribution in [0.25, 0.3) is 10.8 Å². The van der Waals surface area contributed by atoms with Crippen LogP contribution in [0.15, 0.2) is 36.5 Å². The molecule has 4 aliphatic rings. The van der Waals surface area contributed by atoms with Gasteiger partial charge in [-0.3, -0.25) is 28.9 Å². The average Bonchev–Trinajstić information content (AvgIpc) is 4.10. The number of sulfonamides is 1. The van der Waals surface area contributed by atoms with Crippen molar-refractivity contribution in [1.82, 2.24) is 24.8 Å². The summed E-state index contributed by atoms with van der Waals surface area (Å²) in [5.41, 5.74) is -4.60. The normalized spacial score (nSPS) is 30.8. The SMILES string of the molecule is CCOc1cc2ccnc(O[C@]3(C)C[C@H]4C(=O)N[C@]5(C(=O)NS(=O)(=O)C6CC6)C[C@H]5/C=C\CC[C@H](C)C[C@@H](CC)[C@H](N(C(=O)O)C(C)CC)C(=O)N4C3(F)F)c2cc1F. The minimum Gasteiger partial charge on any atom is -0.491 e. The number of benzene rings is 1. The third kappa shape index (κ3) is 8.29. The Morgan fingerprint density at radius 1 is 1.15 bits per heavy atom. The van der Waals surface area contributed by atoms with Crippen LogP contribution >= 0.6 is 0 Å². The van der Waals surface area contributed by atoms with Crippen molar-refractivity contribution >= 4 is 44.6 Å². The van der Waals surface area contributed by atoms with Gasteiger partial charge >= 0.3 is 12.1 Å². The number of fused-ring (bicyclic) bond motifs is 3. The second kappa shape index (κ2) is 16.4. The van der Waals surface area contributed by atoms with Crippen molar-refractivity contribution in [2.75, 3.05) is 6.61 Å². The van der Waals surface area contributed by atoms with Gasteiger partial charge in [0.25, 0.3) is 11.8 Å². The second-order valence-electron chi connectivity index (χ2n) is 16.7. The molecule has 1 saturated heterocycles. The standard InChI is InChI=1S/C41H54F3N5O9S/c1-7-24(5)48(38(53)54)33-25(8-2)18-23(4)12-10-11-13-27-21-40(27,37(52)47-59(55,56)28-14-15-28)46-34(50)31-22-39(6,41(43,44)49(31)36(33)51)58-35-29-20-30(42)32(57-9-3)19-26(29)16-17-45-35/h11,13,16-17,19-20,23-25,27-28,31,33H,7-10,12,14-15,18,21-22H2,1-6H3,(H,46,50)(H,47,52)(H,53,54)/b13-11-/t23-,24?,25+,27+,31-,33-,39+,40+/m0/s1. The second-order valence-corrected chi connectivity index (χ2v) is 18.7. The fraction of sp³-hybridized carbons (Fsp3) is 0.634. The van der Waals surface area contributed by atoms with Crippen LogP contribution in [0.2, 0.25) is 0 Å². The lowest BCUT2D eigenvalue weighted by Crippen LogP contribution is -2.64. The molecule has 3 fully saturated rings. The van der Waals surface area contributed by atoms with Gasteiger partial charge in [-0.05, 0) is 101 Å². The Balaban J connectivity index is 1.49. The smallest absolute Gasteiger partial charge is 0.408 e. The van der Waals surface area contributed by atoms with E-state index in [4.69, 9.17) is 9.47 Å². The van der Waals surface area contributed by atoms with Gasteiger partial charge in [-0.15, -0.1) is 0 Å². The molecule has 14 nitrogen and oxygen atoms in total. The van der Waals surface area contributed by atoms with Crippen LogP contribution in [0.3, 0.4) is 0 Å². The summed E-state index contributed by atoms with van der Waals surface area (Å²) in [6, 6.07) is -5.01. The van der Waals surface area contributed by atoms with Gasteiger partial charge in [0.2, 0.25) is 21.8 Å². The van der Waals surface area contributed by atoms with Gasteiger partial charge in [0, 0.05) is 30.0 Å². The van der Waals surface area contributed by atoms with Crippen molar-refractivity contribution in [2.24, 2.45) is 17.8 Å². The topological polar surface area (TPSA) is 185 Å². The number of ether oxygens (including phenoxy) is 2. The Kier molecular flexibility index (Phi) is 12.3. The lowest BCUT2D eigenvalue weighted by atomic mass is 9.83. The largest absolute Gasteiger partial charge is 0.491 e. The molecule has 0 bridgehead atoms. The first-order chi connectivity index (χ1) is 27.7. The summed E-state index contributed by atoms with van der Waals surface area (Å²) in [5, 5.41) is 12.8. The molecule has 324 valence electrons. The van der Waals surface area contributed by atoms with Gasteiger partial charge < -0.3 is 19.9 Å². The number of nitrogens with zero attached hydrogens (tertiary/aromatic N) is 3. The van der Waals surface area contributed by atoms with Crippen molar-refractivity contribution in [3.05, 3.63) is 42.4 Å². The minimum atomic E-state index is -4.36. The van der Waals surface area contributed by atoms with Crippen LogP contribution in [0.1, 0.15) is 99.3 Å². The van der Waals surface area contributed by atoms with E-state index in [0.29, 0.717) is 31.1 Å². The Morgan fingerprint density at radius 2 is 1.86 bits per heavy atom. The quantitative estimate of drug-likeness (QED) is 0.175. The number of amides is 4. The van der Waals surface area contributed by atoms with Crippen molar-refractivity contribution in [3.63, 3.8) is 0 Å². The van der Waals surface area contributed by atoms with Crippen LogP contribution < -0.4 is 19.5 Å². The minimum absolute atomic E-state index is 0.00227. The van der Waals surface area contributed by atoms with Gasteiger partial charge in [0.05, 0.1) is 11.9 Å². The molecule has 1 aromatic carbocycles. The molecule has 59 heavy (non-hydrogen) atoms. The summed E-state index contributed by atoms with van der Waals surface area (Å²) in [6.07, 6.45) is 4.89. The molecule has 0 spiro atoms. The molecule has 1 aromatic heterocycles. The summed E-state index contributed by atoms with van der Waals surface area (Å²) in [7, 11) is -4.09. The Morgan fingerprint density at radius 3 is 2.49 bits per heavy atom. The molecule has 0 radical (unpaired) electrons. The first-order valence-electron chi connectivity index (χ1n) is 20.4. The molecule has 3 N–H and O–H groups in total. The third-order valence-electron chi connectivity index (χ3n) is 12.4. The first-order valence-corrected chi connectivity index (χ1v) is 22.0. The Bertz CT molecular complexity index is 2120. The van der Waals surface area contributed by atoms with Gasteiger partial charge in [-0.25, -0.2) is 22.6 Å². The van der Waals surface area contributed by atoms with E-state index < -0.39 is 104 Å². The number of carbonyl (C=O) groups is 4. The number of halogens is 3. The zero-order valence-electron chi connectivity index (χ0n) is 34.2. The van der Waals surface area contributed by atoms with E-state index in [1.807, 2.05) is 13.0 Å². The highest BCUT2D eigenvalue weighted by Gasteiger charge is 2.71. The molecule has 3 heterocycles. The van der Waals surface area contributed by atoms with E-state index in [1.54, 1.807) is 33.8 Å². The van der Waals surface area contributed by atoms with Gasteiger partial charge in [-0.2, -0.15) is 8.78 Å². The summed E-state index contributed by atoms with van der Waals surface area (Å²) in [4.78, 5) is 61.9. The van der Waals surface area contributed by atoms with E-state index in [2.05, 4.69) is 15.0 Å². The predicted octanol–water partition coefficient (Wildman–Crippen LogP) is 6.14. The molecule has 4 amide bonds. The number of carboxylic acid groups (broad SMARTS) is 1. The maximum atomic E-state index is 17.7. The van der Waals surface area contributed by atoms with Gasteiger partial charge in [0.1, 0.15) is 17.6 Å². The van der Waals surface area contributed by atoms with Gasteiger partial charge in [0.15, 0.2) is 17.2 Å². The van der Waals surface area contributed by atoms with Crippen LogP contribution in [-0.2, 0) is 24.4 Å². The molecule has 1 unspecified atom stereocenters. The van der Waals surface area contributed by atoms with E-state index in [0.717, 1.165) is 17.9 Å². The lowest BCUT2D eigenvalue weighted by molar-refractivity contribution is -0.219. The van der Waals surface area contributed by atoms with Crippen LogP contribution in [0.5, 0.6) is 11.6 Å². The monoisotopic (exact) mass is 849 g/mol. The fourth-order valence-electron chi connectivity index (χ4n) is 8.58. The summed E-state index contributed by atoms with van der Waals surface area (Å²) in [6.45, 7) is 9.74. The number of alkyl halides is 2. The fourth-order valence-corrected chi connectivity index (χ4v) is 9.94.